The summed E-state index contributed by atoms with van der Waals surface area (Å²) in [5, 5.41) is 3.50. The average molecular weight is 451 g/mol. The predicted molar refractivity (Wildman–Crippen MR) is 127 cm³/mol. The molecule has 6 heteroatoms. The van der Waals surface area contributed by atoms with Gasteiger partial charge in [-0.1, -0.05) is 66.2 Å². The molecular formula is C26H27ClN2O3. The van der Waals surface area contributed by atoms with E-state index in [2.05, 4.69) is 5.32 Å². The van der Waals surface area contributed by atoms with Gasteiger partial charge < -0.3 is 15.0 Å². The monoisotopic (exact) mass is 450 g/mol. The minimum absolute atomic E-state index is 0.150. The molecule has 0 saturated heterocycles. The summed E-state index contributed by atoms with van der Waals surface area (Å²) in [6.45, 7) is 2.63. The number of carbonyl (C=O) groups is 2. The molecule has 1 unspecified atom stereocenters. The van der Waals surface area contributed by atoms with Crippen LogP contribution in [0.3, 0.4) is 0 Å². The maximum Gasteiger partial charge on any atom is 0.247 e. The Kier molecular flexibility index (Phi) is 8.28. The van der Waals surface area contributed by atoms with E-state index in [1.165, 1.54) is 0 Å². The second-order valence-electron chi connectivity index (χ2n) is 7.38. The van der Waals surface area contributed by atoms with Crippen LogP contribution in [0.25, 0.3) is 0 Å². The van der Waals surface area contributed by atoms with Crippen LogP contribution in [0.5, 0.6) is 5.75 Å². The molecule has 0 aliphatic heterocycles. The lowest BCUT2D eigenvalue weighted by Crippen LogP contribution is -2.44. The summed E-state index contributed by atoms with van der Waals surface area (Å²) in [6, 6.07) is 23.3. The van der Waals surface area contributed by atoms with Crippen LogP contribution in [0.15, 0.2) is 78.9 Å². The molecule has 0 bridgehead atoms. The van der Waals surface area contributed by atoms with Crippen molar-refractivity contribution < 1.29 is 14.3 Å². The molecule has 0 saturated carbocycles. The van der Waals surface area contributed by atoms with E-state index in [4.69, 9.17) is 16.3 Å². The third-order valence-electron chi connectivity index (χ3n) is 5.13. The standard InChI is InChI=1S/C26H27ClN2O3/c1-3-28-26(31)25(21-7-5-4-6-8-21)29(18-20-11-15-23(32-2)16-12-20)24(30)17-19-9-13-22(27)14-10-19/h4-16,25H,3,17-18H2,1-2H3,(H,28,31). The fourth-order valence-corrected chi connectivity index (χ4v) is 3.63. The summed E-state index contributed by atoms with van der Waals surface area (Å²) >= 11 is 5.99. The number of methoxy groups -OCH3 is 1. The van der Waals surface area contributed by atoms with Crippen molar-refractivity contribution >= 4 is 23.4 Å². The first-order valence-electron chi connectivity index (χ1n) is 10.5. The molecule has 0 aliphatic rings. The van der Waals surface area contributed by atoms with E-state index >= 15 is 0 Å². The third kappa shape index (κ3) is 6.11. The lowest BCUT2D eigenvalue weighted by atomic mass is 10.0. The van der Waals surface area contributed by atoms with Crippen molar-refractivity contribution in [2.75, 3.05) is 13.7 Å². The average Bonchev–Trinajstić information content (AvgIpc) is 2.81. The van der Waals surface area contributed by atoms with Crippen molar-refractivity contribution in [2.45, 2.75) is 25.9 Å². The molecule has 2 amide bonds. The van der Waals surface area contributed by atoms with Crippen LogP contribution in [-0.2, 0) is 22.6 Å². The number of likely N-dealkylation sites (N-methyl/N-ethyl adjacent to an activating group) is 1. The second-order valence-corrected chi connectivity index (χ2v) is 7.82. The molecule has 166 valence electrons. The molecule has 32 heavy (non-hydrogen) atoms. The first-order chi connectivity index (χ1) is 15.5. The van der Waals surface area contributed by atoms with Gasteiger partial charge in [-0.3, -0.25) is 9.59 Å². The van der Waals surface area contributed by atoms with Crippen LogP contribution in [0.1, 0.15) is 29.7 Å². The van der Waals surface area contributed by atoms with E-state index < -0.39 is 6.04 Å². The summed E-state index contributed by atoms with van der Waals surface area (Å²) < 4.78 is 5.24. The Morgan fingerprint density at radius 3 is 2.16 bits per heavy atom. The molecule has 0 heterocycles. The Morgan fingerprint density at radius 1 is 0.938 bits per heavy atom. The van der Waals surface area contributed by atoms with Gasteiger partial charge in [0.25, 0.3) is 0 Å². The van der Waals surface area contributed by atoms with Crippen LogP contribution in [-0.4, -0.2) is 30.4 Å². The summed E-state index contributed by atoms with van der Waals surface area (Å²) in [6.07, 6.45) is 0.163. The van der Waals surface area contributed by atoms with E-state index in [1.807, 2.05) is 73.7 Å². The molecule has 0 spiro atoms. The summed E-state index contributed by atoms with van der Waals surface area (Å²) in [5.74, 6) is 0.371. The highest BCUT2D eigenvalue weighted by atomic mass is 35.5. The number of hydrogen-bond acceptors (Lipinski definition) is 3. The van der Waals surface area contributed by atoms with Gasteiger partial charge in [-0.25, -0.2) is 0 Å². The molecule has 0 aromatic heterocycles. The van der Waals surface area contributed by atoms with Gasteiger partial charge in [0, 0.05) is 18.1 Å². The Hall–Kier alpha value is -3.31. The van der Waals surface area contributed by atoms with Gasteiger partial charge in [0.05, 0.1) is 13.5 Å². The summed E-state index contributed by atoms with van der Waals surface area (Å²) in [4.78, 5) is 28.3. The molecule has 0 radical (unpaired) electrons. The first-order valence-corrected chi connectivity index (χ1v) is 10.9. The number of nitrogens with one attached hydrogen (secondary N) is 1. The molecule has 3 aromatic carbocycles. The van der Waals surface area contributed by atoms with Crippen molar-refractivity contribution in [3.05, 3.63) is 101 Å². The maximum absolute atomic E-state index is 13.5. The quantitative estimate of drug-likeness (QED) is 0.509. The van der Waals surface area contributed by atoms with Crippen molar-refractivity contribution in [1.82, 2.24) is 10.2 Å². The smallest absolute Gasteiger partial charge is 0.247 e. The van der Waals surface area contributed by atoms with Crippen molar-refractivity contribution in [2.24, 2.45) is 0 Å². The lowest BCUT2D eigenvalue weighted by molar-refractivity contribution is -0.141. The fraction of sp³-hybridized carbons (Fsp3) is 0.231. The van der Waals surface area contributed by atoms with E-state index in [-0.39, 0.29) is 24.8 Å². The van der Waals surface area contributed by atoms with Crippen molar-refractivity contribution in [3.63, 3.8) is 0 Å². The van der Waals surface area contributed by atoms with Crippen LogP contribution >= 0.6 is 11.6 Å². The Labute approximate surface area is 194 Å². The highest BCUT2D eigenvalue weighted by Gasteiger charge is 2.31. The summed E-state index contributed by atoms with van der Waals surface area (Å²) in [5.41, 5.74) is 2.50. The van der Waals surface area contributed by atoms with Gasteiger partial charge >= 0.3 is 0 Å². The predicted octanol–water partition coefficient (Wildman–Crippen LogP) is 4.80. The number of ether oxygens (including phenoxy) is 1. The number of hydrogen-bond donors (Lipinski definition) is 1. The number of rotatable bonds is 9. The van der Waals surface area contributed by atoms with E-state index in [1.54, 1.807) is 24.1 Å². The zero-order valence-corrected chi connectivity index (χ0v) is 19.0. The molecule has 1 atom stereocenters. The number of benzene rings is 3. The lowest BCUT2D eigenvalue weighted by Gasteiger charge is -2.31. The largest absolute Gasteiger partial charge is 0.497 e. The third-order valence-corrected chi connectivity index (χ3v) is 5.38. The van der Waals surface area contributed by atoms with Gasteiger partial charge in [-0.2, -0.15) is 0 Å². The van der Waals surface area contributed by atoms with Crippen LogP contribution in [0.2, 0.25) is 5.02 Å². The van der Waals surface area contributed by atoms with Crippen LogP contribution in [0, 0.1) is 0 Å². The Balaban J connectivity index is 1.97. The first kappa shape index (κ1) is 23.4. The number of halogens is 1. The zero-order valence-electron chi connectivity index (χ0n) is 18.3. The fourth-order valence-electron chi connectivity index (χ4n) is 3.51. The van der Waals surface area contributed by atoms with Crippen LogP contribution in [0.4, 0.5) is 0 Å². The molecule has 3 aromatic rings. The molecule has 0 fully saturated rings. The Morgan fingerprint density at radius 2 is 1.56 bits per heavy atom. The van der Waals surface area contributed by atoms with Crippen LogP contribution < -0.4 is 10.1 Å². The van der Waals surface area contributed by atoms with Crippen molar-refractivity contribution in [3.8, 4) is 5.75 Å². The van der Waals surface area contributed by atoms with Gasteiger partial charge in [0.1, 0.15) is 11.8 Å². The molecular weight excluding hydrogens is 424 g/mol. The van der Waals surface area contributed by atoms with E-state index in [9.17, 15) is 9.59 Å². The number of carbonyl (C=O) groups excluding carboxylic acids is 2. The molecule has 3 rings (SSSR count). The van der Waals surface area contributed by atoms with E-state index in [0.717, 1.165) is 22.4 Å². The normalized spacial score (nSPS) is 11.5. The van der Waals surface area contributed by atoms with Gasteiger partial charge in [-0.15, -0.1) is 0 Å². The second kappa shape index (κ2) is 11.3. The van der Waals surface area contributed by atoms with Gasteiger partial charge in [0.2, 0.25) is 11.8 Å². The SMILES string of the molecule is CCNC(=O)C(c1ccccc1)N(Cc1ccc(OC)cc1)C(=O)Cc1ccc(Cl)cc1. The highest BCUT2D eigenvalue weighted by Crippen LogP contribution is 2.26. The summed E-state index contributed by atoms with van der Waals surface area (Å²) in [7, 11) is 1.61. The zero-order chi connectivity index (χ0) is 22.9. The van der Waals surface area contributed by atoms with Gasteiger partial charge in [-0.05, 0) is 47.9 Å². The van der Waals surface area contributed by atoms with Gasteiger partial charge in [0.15, 0.2) is 0 Å². The van der Waals surface area contributed by atoms with Crippen molar-refractivity contribution in [1.29, 1.82) is 0 Å². The maximum atomic E-state index is 13.5. The molecule has 1 N–H and O–H groups in total. The number of amides is 2. The molecule has 5 nitrogen and oxygen atoms in total. The number of nitrogens with zero attached hydrogens (tertiary/aromatic N) is 1. The van der Waals surface area contributed by atoms with E-state index in [0.29, 0.717) is 11.6 Å². The highest BCUT2D eigenvalue weighted by molar-refractivity contribution is 6.30. The minimum atomic E-state index is -0.752. The topological polar surface area (TPSA) is 58.6 Å². The minimum Gasteiger partial charge on any atom is -0.497 e. The Bertz CT molecular complexity index is 1020. The molecule has 0 aliphatic carbocycles.